The summed E-state index contributed by atoms with van der Waals surface area (Å²) in [6.45, 7) is 0.677. The van der Waals surface area contributed by atoms with Crippen molar-refractivity contribution < 1.29 is 52.5 Å². The number of nitrogens with one attached hydrogen (secondary N) is 2. The number of rotatable bonds is 16. The molecule has 0 spiro atoms. The van der Waals surface area contributed by atoms with Crippen LogP contribution in [0.25, 0.3) is 0 Å². The van der Waals surface area contributed by atoms with Gasteiger partial charge in [0, 0.05) is 46.1 Å². The highest BCUT2D eigenvalue weighted by Gasteiger charge is 2.27. The van der Waals surface area contributed by atoms with Crippen molar-refractivity contribution in [3.8, 4) is 0 Å². The number of amides is 4. The van der Waals surface area contributed by atoms with Gasteiger partial charge in [-0.3, -0.25) is 9.59 Å². The van der Waals surface area contributed by atoms with E-state index in [9.17, 15) is 24.0 Å². The average Bonchev–Trinajstić information content (AvgIpc) is 3.10. The van der Waals surface area contributed by atoms with Crippen molar-refractivity contribution in [1.29, 1.82) is 0 Å². The molecule has 0 radical (unpaired) electrons. The molecule has 14 heteroatoms. The predicted octanol–water partition coefficient (Wildman–Crippen LogP) is -0.720. The zero-order valence-electron chi connectivity index (χ0n) is 18.5. The van der Waals surface area contributed by atoms with Crippen LogP contribution >= 0.6 is 0 Å². The van der Waals surface area contributed by atoms with E-state index in [4.69, 9.17) is 28.5 Å². The van der Waals surface area contributed by atoms with E-state index in [1.807, 2.05) is 0 Å². The van der Waals surface area contributed by atoms with Crippen molar-refractivity contribution in [3.05, 3.63) is 12.2 Å². The predicted molar refractivity (Wildman–Crippen MR) is 109 cm³/mol. The van der Waals surface area contributed by atoms with E-state index in [1.165, 1.54) is 14.2 Å². The summed E-state index contributed by atoms with van der Waals surface area (Å²) < 4.78 is 25.2. The van der Waals surface area contributed by atoms with Crippen molar-refractivity contribution >= 4 is 30.0 Å². The molecule has 33 heavy (non-hydrogen) atoms. The van der Waals surface area contributed by atoms with E-state index in [1.54, 1.807) is 0 Å². The van der Waals surface area contributed by atoms with Crippen LogP contribution in [0.15, 0.2) is 12.2 Å². The minimum atomic E-state index is -0.812. The first kappa shape index (κ1) is 27.8. The Kier molecular flexibility index (Phi) is 13.8. The molecule has 0 aromatic carbocycles. The largest absolute Gasteiger partial charge is 0.447 e. The first-order valence-corrected chi connectivity index (χ1v) is 10.0. The smallest absolute Gasteiger partial charge is 0.407 e. The number of imide groups is 1. The van der Waals surface area contributed by atoms with E-state index in [-0.39, 0.29) is 45.8 Å². The van der Waals surface area contributed by atoms with Gasteiger partial charge >= 0.3 is 18.2 Å². The van der Waals surface area contributed by atoms with Crippen molar-refractivity contribution in [2.45, 2.75) is 18.9 Å². The molecule has 0 unspecified atom stereocenters. The Morgan fingerprint density at radius 2 is 1.39 bits per heavy atom. The van der Waals surface area contributed by atoms with Crippen LogP contribution in [0.4, 0.5) is 9.59 Å². The quantitative estimate of drug-likeness (QED) is 0.213. The Morgan fingerprint density at radius 3 is 1.88 bits per heavy atom. The van der Waals surface area contributed by atoms with Crippen LogP contribution in [0, 0.1) is 0 Å². The molecule has 0 bridgehead atoms. The van der Waals surface area contributed by atoms with Crippen LogP contribution in [0.1, 0.15) is 12.8 Å². The second kappa shape index (κ2) is 16.4. The molecule has 0 saturated carbocycles. The fraction of sp³-hybridized carbons (Fsp3) is 0.632. The number of hydroxylamine groups is 2. The van der Waals surface area contributed by atoms with Gasteiger partial charge in [-0.2, -0.15) is 0 Å². The third-order valence-corrected chi connectivity index (χ3v) is 3.79. The van der Waals surface area contributed by atoms with E-state index < -0.39 is 36.1 Å². The molecule has 186 valence electrons. The first-order valence-electron chi connectivity index (χ1n) is 10.0. The molecular formula is C19H29N3O11. The van der Waals surface area contributed by atoms with Crippen molar-refractivity contribution in [2.24, 2.45) is 0 Å². The maximum absolute atomic E-state index is 11.8. The summed E-state index contributed by atoms with van der Waals surface area (Å²) in [5, 5.41) is 5.28. The van der Waals surface area contributed by atoms with Gasteiger partial charge in [0.05, 0.1) is 19.6 Å². The zero-order chi connectivity index (χ0) is 24.5. The molecule has 0 fully saturated rings. The van der Waals surface area contributed by atoms with Crippen molar-refractivity contribution in [1.82, 2.24) is 15.7 Å². The topological polar surface area (TPSA) is 168 Å². The summed E-state index contributed by atoms with van der Waals surface area (Å²) in [5.74, 6) is -2.29. The average molecular weight is 475 g/mol. The molecule has 0 aromatic heterocycles. The van der Waals surface area contributed by atoms with Gasteiger partial charge in [0.2, 0.25) is 0 Å². The highest BCUT2D eigenvalue weighted by molar-refractivity contribution is 6.12. The normalized spacial score (nSPS) is 12.8. The summed E-state index contributed by atoms with van der Waals surface area (Å²) in [7, 11) is 2.97. The van der Waals surface area contributed by atoms with Crippen LogP contribution in [0.3, 0.4) is 0 Å². The molecule has 1 aliphatic rings. The summed E-state index contributed by atoms with van der Waals surface area (Å²) in [5.41, 5.74) is 0. The Bertz CT molecular complexity index is 654. The minimum Gasteiger partial charge on any atom is -0.447 e. The Balaban J connectivity index is 2.38. The van der Waals surface area contributed by atoms with Crippen molar-refractivity contribution in [2.75, 3.05) is 60.3 Å². The number of carbonyl (C=O) groups excluding carboxylic acids is 5. The molecule has 1 aliphatic heterocycles. The third kappa shape index (κ3) is 12.4. The number of hydrogen-bond donors (Lipinski definition) is 2. The lowest BCUT2D eigenvalue weighted by atomic mass is 10.3. The number of nitrogens with zero attached hydrogens (tertiary/aromatic N) is 1. The van der Waals surface area contributed by atoms with Gasteiger partial charge in [-0.15, -0.1) is 0 Å². The van der Waals surface area contributed by atoms with E-state index in [2.05, 4.69) is 10.6 Å². The SMILES string of the molecule is COCCNC(=O)OCC(COC(=O)NCCOC)OCCCC(=O)ON1C(=O)C=CC1=O. The highest BCUT2D eigenvalue weighted by Crippen LogP contribution is 2.07. The number of methoxy groups -OCH3 is 2. The second-order valence-corrected chi connectivity index (χ2v) is 6.40. The first-order chi connectivity index (χ1) is 15.9. The fourth-order valence-electron chi connectivity index (χ4n) is 2.18. The van der Waals surface area contributed by atoms with Gasteiger partial charge in [-0.1, -0.05) is 5.06 Å². The molecule has 1 heterocycles. The summed E-state index contributed by atoms with van der Waals surface area (Å²) in [6, 6.07) is 0. The fourth-order valence-corrected chi connectivity index (χ4v) is 2.18. The number of carbonyl (C=O) groups is 5. The standard InChI is InChI=1S/C19H29N3O11/c1-28-10-7-20-18(26)31-12-14(13-32-19(27)21-8-11-29-2)30-9-3-4-17(25)33-22-15(23)5-6-16(22)24/h5-6,14H,3-4,7-13H2,1-2H3,(H,20,26)(H,21,27). The summed E-state index contributed by atoms with van der Waals surface area (Å²) in [4.78, 5) is 62.6. The Morgan fingerprint density at radius 1 is 0.879 bits per heavy atom. The number of ether oxygens (including phenoxy) is 5. The molecule has 0 saturated heterocycles. The lowest BCUT2D eigenvalue weighted by Crippen LogP contribution is -2.35. The van der Waals surface area contributed by atoms with Gasteiger partial charge in [0.1, 0.15) is 19.3 Å². The monoisotopic (exact) mass is 475 g/mol. The minimum absolute atomic E-state index is 0.0171. The van der Waals surface area contributed by atoms with Gasteiger partial charge in [-0.05, 0) is 6.42 Å². The van der Waals surface area contributed by atoms with Crippen LogP contribution in [0.5, 0.6) is 0 Å². The molecule has 0 aliphatic carbocycles. The summed E-state index contributed by atoms with van der Waals surface area (Å²) >= 11 is 0. The van der Waals surface area contributed by atoms with Crippen LogP contribution in [0.2, 0.25) is 0 Å². The van der Waals surface area contributed by atoms with Crippen LogP contribution < -0.4 is 10.6 Å². The maximum atomic E-state index is 11.8. The van der Waals surface area contributed by atoms with Gasteiger partial charge in [-0.25, -0.2) is 14.4 Å². The van der Waals surface area contributed by atoms with E-state index in [0.29, 0.717) is 18.3 Å². The number of hydrogen-bond acceptors (Lipinski definition) is 11. The molecule has 2 N–H and O–H groups in total. The lowest BCUT2D eigenvalue weighted by molar-refractivity contribution is -0.196. The van der Waals surface area contributed by atoms with Gasteiger partial charge in [0.15, 0.2) is 0 Å². The molecule has 4 amide bonds. The van der Waals surface area contributed by atoms with Crippen molar-refractivity contribution in [3.63, 3.8) is 0 Å². The molecule has 0 atom stereocenters. The Labute approximate surface area is 190 Å². The maximum Gasteiger partial charge on any atom is 0.407 e. The zero-order valence-corrected chi connectivity index (χ0v) is 18.5. The van der Waals surface area contributed by atoms with E-state index in [0.717, 1.165) is 12.2 Å². The molecule has 14 nitrogen and oxygen atoms in total. The molecule has 0 aromatic rings. The second-order valence-electron chi connectivity index (χ2n) is 6.40. The molecular weight excluding hydrogens is 446 g/mol. The number of alkyl carbamates (subject to hydrolysis) is 2. The van der Waals surface area contributed by atoms with Gasteiger partial charge < -0.3 is 39.2 Å². The van der Waals surface area contributed by atoms with E-state index >= 15 is 0 Å². The highest BCUT2D eigenvalue weighted by atomic mass is 16.7. The van der Waals surface area contributed by atoms with Crippen LogP contribution in [-0.4, -0.2) is 101 Å². The van der Waals surface area contributed by atoms with Crippen LogP contribution in [-0.2, 0) is 42.9 Å². The summed E-state index contributed by atoms with van der Waals surface area (Å²) in [6.07, 6.45) is -0.238. The third-order valence-electron chi connectivity index (χ3n) is 3.79. The molecule has 1 rings (SSSR count). The lowest BCUT2D eigenvalue weighted by Gasteiger charge is -2.18. The van der Waals surface area contributed by atoms with Gasteiger partial charge in [0.25, 0.3) is 11.8 Å². The Hall–Kier alpha value is -3.23.